The lowest BCUT2D eigenvalue weighted by molar-refractivity contribution is 0.0747. The van der Waals surface area contributed by atoms with Crippen LogP contribution >= 0.6 is 0 Å². The van der Waals surface area contributed by atoms with Gasteiger partial charge in [0.2, 0.25) is 0 Å². The molecule has 102 valence electrons. The normalized spacial score (nSPS) is 12.4. The Kier molecular flexibility index (Phi) is 3.91. The summed E-state index contributed by atoms with van der Waals surface area (Å²) in [6, 6.07) is 3.20. The van der Waals surface area contributed by atoms with Gasteiger partial charge in [0.05, 0.1) is 19.8 Å². The van der Waals surface area contributed by atoms with Gasteiger partial charge in [-0.1, -0.05) is 0 Å². The summed E-state index contributed by atoms with van der Waals surface area (Å²) < 4.78 is 24.5. The van der Waals surface area contributed by atoms with Crippen molar-refractivity contribution in [3.63, 3.8) is 0 Å². The third-order valence-corrected chi connectivity index (χ3v) is 2.82. The summed E-state index contributed by atoms with van der Waals surface area (Å²) in [5.41, 5.74) is -1.71. The molecular formula is C14H21FO3. The first-order chi connectivity index (χ1) is 8.11. The lowest BCUT2D eigenvalue weighted by Crippen LogP contribution is -2.19. The minimum absolute atomic E-state index is 0.415. The molecular weight excluding hydrogens is 235 g/mol. The monoisotopic (exact) mass is 256 g/mol. The number of hydrogen-bond acceptors (Lipinski definition) is 3. The molecule has 0 bridgehead atoms. The highest BCUT2D eigenvalue weighted by Gasteiger charge is 2.29. The second-order valence-corrected chi connectivity index (χ2v) is 5.29. The van der Waals surface area contributed by atoms with Crippen molar-refractivity contribution in [2.45, 2.75) is 39.0 Å². The molecule has 0 heterocycles. The molecule has 1 rings (SSSR count). The smallest absolute Gasteiger partial charge is 0.166 e. The second-order valence-electron chi connectivity index (χ2n) is 5.29. The van der Waals surface area contributed by atoms with E-state index in [0.29, 0.717) is 22.6 Å². The molecule has 3 nitrogen and oxygen atoms in total. The van der Waals surface area contributed by atoms with Crippen LogP contribution in [0.4, 0.5) is 4.39 Å². The summed E-state index contributed by atoms with van der Waals surface area (Å²) in [6.07, 6.45) is 0. The standard InChI is InChI=1S/C14H21FO3/c1-13(2,15)9-7-10(14(3,4)16)12(18-6)11(8-9)17-5/h7-8,16H,1-6H3. The van der Waals surface area contributed by atoms with Crippen LogP contribution in [0.15, 0.2) is 12.1 Å². The van der Waals surface area contributed by atoms with Crippen molar-refractivity contribution in [3.05, 3.63) is 23.3 Å². The van der Waals surface area contributed by atoms with Gasteiger partial charge in [0.25, 0.3) is 0 Å². The zero-order valence-corrected chi connectivity index (χ0v) is 11.8. The number of benzene rings is 1. The highest BCUT2D eigenvalue weighted by molar-refractivity contribution is 5.52. The van der Waals surface area contributed by atoms with E-state index in [9.17, 15) is 9.50 Å². The topological polar surface area (TPSA) is 38.7 Å². The predicted octanol–water partition coefficient (Wildman–Crippen LogP) is 3.14. The number of aliphatic hydroxyl groups is 1. The number of alkyl halides is 1. The van der Waals surface area contributed by atoms with Crippen molar-refractivity contribution in [2.75, 3.05) is 14.2 Å². The Morgan fingerprint density at radius 2 is 1.61 bits per heavy atom. The Bertz CT molecular complexity index is 428. The maximum absolute atomic E-state index is 14.1. The molecule has 0 aliphatic rings. The van der Waals surface area contributed by atoms with E-state index >= 15 is 0 Å². The average Bonchev–Trinajstić information content (AvgIpc) is 2.24. The molecule has 4 heteroatoms. The largest absolute Gasteiger partial charge is 0.493 e. The first-order valence-electron chi connectivity index (χ1n) is 5.79. The molecule has 1 aromatic rings. The Hall–Kier alpha value is -1.29. The van der Waals surface area contributed by atoms with Crippen LogP contribution in [0.2, 0.25) is 0 Å². The number of halogens is 1. The lowest BCUT2D eigenvalue weighted by Gasteiger charge is -2.25. The molecule has 1 aromatic carbocycles. The fourth-order valence-electron chi connectivity index (χ4n) is 1.76. The van der Waals surface area contributed by atoms with Gasteiger partial charge >= 0.3 is 0 Å². The van der Waals surface area contributed by atoms with Gasteiger partial charge in [-0.05, 0) is 45.4 Å². The van der Waals surface area contributed by atoms with Gasteiger partial charge in [0.1, 0.15) is 5.67 Å². The summed E-state index contributed by atoms with van der Waals surface area (Å²) >= 11 is 0. The van der Waals surface area contributed by atoms with E-state index in [0.717, 1.165) is 0 Å². The van der Waals surface area contributed by atoms with E-state index in [1.807, 2.05) is 0 Å². The molecule has 0 saturated heterocycles. The van der Waals surface area contributed by atoms with Crippen LogP contribution in [-0.2, 0) is 11.3 Å². The van der Waals surface area contributed by atoms with Crippen molar-refractivity contribution in [1.82, 2.24) is 0 Å². The average molecular weight is 256 g/mol. The van der Waals surface area contributed by atoms with Gasteiger partial charge in [-0.2, -0.15) is 0 Å². The Morgan fingerprint density at radius 1 is 1.06 bits per heavy atom. The second kappa shape index (κ2) is 4.76. The zero-order chi connectivity index (χ0) is 14.1. The molecule has 0 aliphatic heterocycles. The van der Waals surface area contributed by atoms with Crippen LogP contribution in [-0.4, -0.2) is 19.3 Å². The van der Waals surface area contributed by atoms with Crippen molar-refractivity contribution in [2.24, 2.45) is 0 Å². The van der Waals surface area contributed by atoms with E-state index in [4.69, 9.17) is 9.47 Å². The highest BCUT2D eigenvalue weighted by atomic mass is 19.1. The van der Waals surface area contributed by atoms with E-state index in [2.05, 4.69) is 0 Å². The molecule has 0 aromatic heterocycles. The van der Waals surface area contributed by atoms with E-state index in [1.165, 1.54) is 28.1 Å². The molecule has 1 N–H and O–H groups in total. The third kappa shape index (κ3) is 2.93. The fraction of sp³-hybridized carbons (Fsp3) is 0.571. The molecule has 0 aliphatic carbocycles. The first-order valence-corrected chi connectivity index (χ1v) is 5.79. The molecule has 0 saturated carbocycles. The van der Waals surface area contributed by atoms with Crippen molar-refractivity contribution >= 4 is 0 Å². The highest BCUT2D eigenvalue weighted by Crippen LogP contribution is 2.41. The van der Waals surface area contributed by atoms with Crippen molar-refractivity contribution in [3.8, 4) is 11.5 Å². The lowest BCUT2D eigenvalue weighted by atomic mass is 9.90. The van der Waals surface area contributed by atoms with Crippen LogP contribution in [0.1, 0.15) is 38.8 Å². The number of methoxy groups -OCH3 is 2. The molecule has 0 fully saturated rings. The van der Waals surface area contributed by atoms with Gasteiger partial charge in [-0.15, -0.1) is 0 Å². The van der Waals surface area contributed by atoms with Crippen LogP contribution in [0, 0.1) is 0 Å². The van der Waals surface area contributed by atoms with E-state index in [-0.39, 0.29) is 0 Å². The molecule has 0 amide bonds. The van der Waals surface area contributed by atoms with Crippen LogP contribution in [0.3, 0.4) is 0 Å². The third-order valence-electron chi connectivity index (χ3n) is 2.82. The summed E-state index contributed by atoms with van der Waals surface area (Å²) in [7, 11) is 2.98. The summed E-state index contributed by atoms with van der Waals surface area (Å²) in [4.78, 5) is 0. The molecule has 18 heavy (non-hydrogen) atoms. The minimum atomic E-state index is -1.51. The van der Waals surface area contributed by atoms with Gasteiger partial charge in [-0.3, -0.25) is 0 Å². The Balaban J connectivity index is 3.57. The van der Waals surface area contributed by atoms with Gasteiger partial charge in [0, 0.05) is 5.56 Å². The molecule has 0 spiro atoms. The quantitative estimate of drug-likeness (QED) is 0.899. The number of rotatable bonds is 4. The van der Waals surface area contributed by atoms with E-state index in [1.54, 1.807) is 26.0 Å². The predicted molar refractivity (Wildman–Crippen MR) is 68.9 cm³/mol. The van der Waals surface area contributed by atoms with Crippen molar-refractivity contribution in [1.29, 1.82) is 0 Å². The van der Waals surface area contributed by atoms with Crippen molar-refractivity contribution < 1.29 is 19.0 Å². The molecule has 0 radical (unpaired) electrons. The maximum atomic E-state index is 14.1. The summed E-state index contributed by atoms with van der Waals surface area (Å²) in [5.74, 6) is 0.843. The Morgan fingerprint density at radius 3 is 1.94 bits per heavy atom. The van der Waals surface area contributed by atoms with Crippen LogP contribution in [0.5, 0.6) is 11.5 Å². The fourth-order valence-corrected chi connectivity index (χ4v) is 1.76. The summed E-state index contributed by atoms with van der Waals surface area (Å²) in [6.45, 7) is 6.17. The van der Waals surface area contributed by atoms with Crippen LogP contribution in [0.25, 0.3) is 0 Å². The molecule has 0 atom stereocenters. The number of ether oxygens (including phenoxy) is 2. The van der Waals surface area contributed by atoms with Crippen LogP contribution < -0.4 is 9.47 Å². The first kappa shape index (κ1) is 14.8. The maximum Gasteiger partial charge on any atom is 0.166 e. The molecule has 0 unspecified atom stereocenters. The van der Waals surface area contributed by atoms with E-state index < -0.39 is 11.3 Å². The summed E-state index contributed by atoms with van der Waals surface area (Å²) in [5, 5.41) is 10.2. The Labute approximate surface area is 108 Å². The van der Waals surface area contributed by atoms with Gasteiger partial charge in [0.15, 0.2) is 11.5 Å². The SMILES string of the molecule is COc1cc(C(C)(C)F)cc(C(C)(C)O)c1OC. The van der Waals surface area contributed by atoms with Gasteiger partial charge in [-0.25, -0.2) is 4.39 Å². The van der Waals surface area contributed by atoms with Gasteiger partial charge < -0.3 is 14.6 Å². The minimum Gasteiger partial charge on any atom is -0.493 e. The zero-order valence-electron chi connectivity index (χ0n) is 11.8. The number of hydrogen-bond donors (Lipinski definition) is 1.